The van der Waals surface area contributed by atoms with Crippen LogP contribution < -0.4 is 0 Å². The molecule has 0 saturated carbocycles. The summed E-state index contributed by atoms with van der Waals surface area (Å²) in [5, 5.41) is 0. The molecule has 5 nitrogen and oxygen atoms in total. The van der Waals surface area contributed by atoms with E-state index in [9.17, 15) is 13.2 Å². The first-order valence-corrected chi connectivity index (χ1v) is 4.14. The number of carbonyl (C=O) groups is 1. The van der Waals surface area contributed by atoms with Crippen molar-refractivity contribution in [1.29, 1.82) is 0 Å². The summed E-state index contributed by atoms with van der Waals surface area (Å²) in [7, 11) is -3.95. The minimum absolute atomic E-state index is 0.143. The average Bonchev–Trinajstić information content (AvgIpc) is 1.78. The summed E-state index contributed by atoms with van der Waals surface area (Å²) in [5.74, 6) is -0.471. The van der Waals surface area contributed by atoms with E-state index in [1.165, 1.54) is 0 Å². The zero-order valence-electron chi connectivity index (χ0n) is 5.19. The number of carbonyl (C=O) groups excluding carboxylic acids is 1. The molecule has 0 radical (unpaired) electrons. The van der Waals surface area contributed by atoms with E-state index in [4.69, 9.17) is 4.55 Å². The normalized spacial score (nSPS) is 11.3. The Kier molecular flexibility index (Phi) is 4.17. The van der Waals surface area contributed by atoms with Gasteiger partial charge >= 0.3 is 0 Å². The number of ether oxygens (including phenoxy) is 1. The lowest BCUT2D eigenvalue weighted by molar-refractivity contribution is -0.111. The fourth-order valence-electron chi connectivity index (χ4n) is 0.296. The Bertz CT molecular complexity index is 182. The first-order valence-electron chi connectivity index (χ1n) is 2.53. The number of hydrogen-bond donors (Lipinski definition) is 1. The van der Waals surface area contributed by atoms with Gasteiger partial charge in [-0.05, 0) is 0 Å². The Morgan fingerprint density at radius 1 is 1.50 bits per heavy atom. The maximum absolute atomic E-state index is 9.98. The van der Waals surface area contributed by atoms with E-state index < -0.39 is 15.9 Å². The lowest BCUT2D eigenvalue weighted by atomic mass is 10.8. The van der Waals surface area contributed by atoms with Crippen molar-refractivity contribution in [2.45, 2.75) is 0 Å². The summed E-state index contributed by atoms with van der Waals surface area (Å²) >= 11 is 0. The molecule has 0 unspecified atom stereocenters. The highest BCUT2D eigenvalue weighted by Gasteiger charge is 2.02. The van der Waals surface area contributed by atoms with Crippen LogP contribution in [0.2, 0.25) is 0 Å². The highest BCUT2D eigenvalue weighted by Crippen LogP contribution is 1.81. The Hall–Kier alpha value is -0.460. The first-order chi connectivity index (χ1) is 4.56. The molecule has 10 heavy (non-hydrogen) atoms. The predicted molar refractivity (Wildman–Crippen MR) is 33.3 cm³/mol. The van der Waals surface area contributed by atoms with E-state index in [0.29, 0.717) is 6.29 Å². The SMILES string of the molecule is O=CCOCCS(=O)(=O)O. The van der Waals surface area contributed by atoms with Crippen molar-refractivity contribution in [2.75, 3.05) is 19.0 Å². The molecule has 0 spiro atoms. The summed E-state index contributed by atoms with van der Waals surface area (Å²) in [6, 6.07) is 0. The summed E-state index contributed by atoms with van der Waals surface area (Å²) in [6.45, 7) is -0.299. The third-order valence-corrected chi connectivity index (χ3v) is 1.35. The van der Waals surface area contributed by atoms with Gasteiger partial charge in [0.1, 0.15) is 12.9 Å². The standard InChI is InChI=1S/C4H8O5S/c5-1-2-9-3-4-10(6,7)8/h1H,2-4H2,(H,6,7,8). The molecule has 0 aliphatic rings. The second-order valence-corrected chi connectivity index (χ2v) is 3.10. The third kappa shape index (κ3) is 7.54. The van der Waals surface area contributed by atoms with Gasteiger partial charge in [-0.2, -0.15) is 8.42 Å². The molecule has 0 aliphatic carbocycles. The van der Waals surface area contributed by atoms with Gasteiger partial charge in [-0.1, -0.05) is 0 Å². The van der Waals surface area contributed by atoms with Gasteiger partial charge in [0, 0.05) is 0 Å². The smallest absolute Gasteiger partial charge is 0.267 e. The van der Waals surface area contributed by atoms with Crippen LogP contribution in [-0.2, 0) is 19.6 Å². The van der Waals surface area contributed by atoms with Crippen LogP contribution in [0.3, 0.4) is 0 Å². The molecule has 1 N–H and O–H groups in total. The van der Waals surface area contributed by atoms with Crippen LogP contribution in [0.1, 0.15) is 0 Å². The lowest BCUT2D eigenvalue weighted by Crippen LogP contribution is -2.11. The summed E-state index contributed by atoms with van der Waals surface area (Å²) < 4.78 is 32.5. The van der Waals surface area contributed by atoms with Crippen LogP contribution in [0, 0.1) is 0 Å². The van der Waals surface area contributed by atoms with Crippen molar-refractivity contribution in [1.82, 2.24) is 0 Å². The van der Waals surface area contributed by atoms with Gasteiger partial charge in [0.15, 0.2) is 0 Å². The molecule has 0 rings (SSSR count). The molecule has 0 aromatic carbocycles. The van der Waals surface area contributed by atoms with Gasteiger partial charge in [0.05, 0.1) is 12.4 Å². The van der Waals surface area contributed by atoms with E-state index in [2.05, 4.69) is 4.74 Å². The molecule has 0 aromatic heterocycles. The summed E-state index contributed by atoms with van der Waals surface area (Å²) in [4.78, 5) is 9.59. The molecule has 0 atom stereocenters. The van der Waals surface area contributed by atoms with Crippen molar-refractivity contribution < 1.29 is 22.5 Å². The van der Waals surface area contributed by atoms with Gasteiger partial charge in [-0.25, -0.2) is 0 Å². The van der Waals surface area contributed by atoms with Gasteiger partial charge in [0.2, 0.25) is 0 Å². The topological polar surface area (TPSA) is 80.7 Å². The summed E-state index contributed by atoms with van der Waals surface area (Å²) in [6.07, 6.45) is 0.504. The maximum atomic E-state index is 9.98. The molecular weight excluding hydrogens is 160 g/mol. The maximum Gasteiger partial charge on any atom is 0.267 e. The van der Waals surface area contributed by atoms with Crippen LogP contribution in [0.15, 0.2) is 0 Å². The van der Waals surface area contributed by atoms with Crippen LogP contribution in [0.5, 0.6) is 0 Å². The zero-order chi connectivity index (χ0) is 8.04. The zero-order valence-corrected chi connectivity index (χ0v) is 6.00. The van der Waals surface area contributed by atoms with Gasteiger partial charge in [-0.3, -0.25) is 4.55 Å². The fraction of sp³-hybridized carbons (Fsp3) is 0.750. The molecule has 0 aliphatic heterocycles. The Labute approximate surface area is 58.7 Å². The monoisotopic (exact) mass is 168 g/mol. The molecule has 0 amide bonds. The van der Waals surface area contributed by atoms with Gasteiger partial charge < -0.3 is 9.53 Å². The molecular formula is C4H8O5S. The van der Waals surface area contributed by atoms with Crippen LogP contribution in [0.4, 0.5) is 0 Å². The molecule has 0 aromatic rings. The molecule has 0 heterocycles. The lowest BCUT2D eigenvalue weighted by Gasteiger charge is -1.95. The van der Waals surface area contributed by atoms with Crippen molar-refractivity contribution >= 4 is 16.4 Å². The second kappa shape index (κ2) is 4.37. The van der Waals surface area contributed by atoms with Crippen molar-refractivity contribution in [3.05, 3.63) is 0 Å². The Morgan fingerprint density at radius 3 is 2.50 bits per heavy atom. The first kappa shape index (κ1) is 9.54. The Morgan fingerprint density at radius 2 is 2.10 bits per heavy atom. The van der Waals surface area contributed by atoms with E-state index in [1.807, 2.05) is 0 Å². The largest absolute Gasteiger partial charge is 0.373 e. The highest BCUT2D eigenvalue weighted by atomic mass is 32.2. The van der Waals surface area contributed by atoms with Gasteiger partial charge in [0.25, 0.3) is 10.1 Å². The predicted octanol–water partition coefficient (Wildman–Crippen LogP) is -0.910. The second-order valence-electron chi connectivity index (χ2n) is 1.53. The quantitative estimate of drug-likeness (QED) is 0.326. The third-order valence-electron chi connectivity index (χ3n) is 0.672. The molecule has 60 valence electrons. The molecule has 0 fully saturated rings. The van der Waals surface area contributed by atoms with E-state index in [0.717, 1.165) is 0 Å². The van der Waals surface area contributed by atoms with Crippen LogP contribution in [-0.4, -0.2) is 38.2 Å². The molecule has 0 bridgehead atoms. The fourth-order valence-corrected chi connectivity index (χ4v) is 0.624. The van der Waals surface area contributed by atoms with Crippen molar-refractivity contribution in [2.24, 2.45) is 0 Å². The van der Waals surface area contributed by atoms with E-state index in [-0.39, 0.29) is 13.2 Å². The average molecular weight is 168 g/mol. The number of aldehydes is 1. The number of hydrogen-bond acceptors (Lipinski definition) is 4. The Balaban J connectivity index is 3.29. The highest BCUT2D eigenvalue weighted by molar-refractivity contribution is 7.85. The van der Waals surface area contributed by atoms with Crippen LogP contribution >= 0.6 is 0 Å². The molecule has 0 saturated heterocycles. The minimum Gasteiger partial charge on any atom is -0.373 e. The van der Waals surface area contributed by atoms with Gasteiger partial charge in [-0.15, -0.1) is 0 Å². The van der Waals surface area contributed by atoms with Crippen molar-refractivity contribution in [3.63, 3.8) is 0 Å². The van der Waals surface area contributed by atoms with Crippen molar-refractivity contribution in [3.8, 4) is 0 Å². The van der Waals surface area contributed by atoms with Crippen LogP contribution in [0.25, 0.3) is 0 Å². The summed E-state index contributed by atoms with van der Waals surface area (Å²) in [5.41, 5.74) is 0. The minimum atomic E-state index is -3.95. The molecule has 6 heteroatoms. The van der Waals surface area contributed by atoms with E-state index in [1.54, 1.807) is 0 Å². The van der Waals surface area contributed by atoms with E-state index >= 15 is 0 Å². The number of rotatable bonds is 5.